The van der Waals surface area contributed by atoms with Gasteiger partial charge in [-0.2, -0.15) is 9.65 Å². The molecule has 5 rings (SSSR count). The highest BCUT2D eigenvalue weighted by Gasteiger charge is 2.66. The molecular formula is C21H17F2N7S. The predicted molar refractivity (Wildman–Crippen MR) is 115 cm³/mol. The van der Waals surface area contributed by atoms with Crippen LogP contribution in [0.25, 0.3) is 10.9 Å². The maximum atomic E-state index is 14.8. The minimum absolute atomic E-state index is 0.171. The van der Waals surface area contributed by atoms with E-state index in [2.05, 4.69) is 31.3 Å². The van der Waals surface area contributed by atoms with Crippen molar-refractivity contribution in [3.8, 4) is 6.07 Å². The Morgan fingerprint density at radius 1 is 1.32 bits per heavy atom. The van der Waals surface area contributed by atoms with Gasteiger partial charge in [0.25, 0.3) is 0 Å². The maximum Gasteiger partial charge on any atom is 0.218 e. The monoisotopic (exact) mass is 437 g/mol. The van der Waals surface area contributed by atoms with Gasteiger partial charge in [-0.15, -0.1) is 0 Å². The summed E-state index contributed by atoms with van der Waals surface area (Å²) in [5.74, 6) is -0.396. The summed E-state index contributed by atoms with van der Waals surface area (Å²) in [7, 11) is 0. The minimum Gasteiger partial charge on any atom is -0.378 e. The molecule has 3 aromatic heterocycles. The fourth-order valence-corrected chi connectivity index (χ4v) is 5.62. The van der Waals surface area contributed by atoms with Crippen LogP contribution in [-0.2, 0) is 5.54 Å². The lowest BCUT2D eigenvalue weighted by molar-refractivity contribution is 0.359. The molecule has 1 saturated carbocycles. The van der Waals surface area contributed by atoms with E-state index in [1.54, 1.807) is 31.3 Å². The number of amidine groups is 1. The number of alkyl halides is 1. The van der Waals surface area contributed by atoms with Gasteiger partial charge in [0.15, 0.2) is 11.0 Å². The number of aromatic nitrogens is 3. The highest BCUT2D eigenvalue weighted by atomic mass is 32.2. The summed E-state index contributed by atoms with van der Waals surface area (Å²) in [5.41, 5.74) is 6.70. The van der Waals surface area contributed by atoms with Crippen LogP contribution < -0.4 is 11.1 Å². The largest absolute Gasteiger partial charge is 0.378 e. The predicted octanol–water partition coefficient (Wildman–Crippen LogP) is 3.78. The molecule has 0 unspecified atom stereocenters. The molecule has 1 aliphatic heterocycles. The molecule has 3 atom stereocenters. The number of nitriles is 1. The SMILES string of the molecule is C[C@@]1(c2cc(Nc3nccc4cc(C#N)cnc34)cnc2F)N=C(N)S[C@@]2(CF)C[C@H]21. The quantitative estimate of drug-likeness (QED) is 0.597. The van der Waals surface area contributed by atoms with Crippen molar-refractivity contribution < 1.29 is 8.78 Å². The standard InChI is InChI=1S/C21H17F2N7S/c1-20(15-6-21(15,10-22)31-19(25)30-20)14-5-13(9-28-17(14)23)29-18-16-12(2-3-26-18)4-11(7-24)8-27-16/h2-5,8-9,15H,6,10H2,1H3,(H2,25,30)(H,26,29)/t15-,20-,21+/m0/s1. The first-order valence-electron chi connectivity index (χ1n) is 9.57. The number of fused-ring (bicyclic) bond motifs is 2. The number of thioether (sulfide) groups is 1. The summed E-state index contributed by atoms with van der Waals surface area (Å²) in [4.78, 5) is 17.0. The van der Waals surface area contributed by atoms with Crippen LogP contribution in [0.4, 0.5) is 20.3 Å². The Labute approximate surface area is 180 Å². The van der Waals surface area contributed by atoms with E-state index < -0.39 is 22.9 Å². The number of aliphatic imine (C=N–C) groups is 1. The third-order valence-corrected chi connectivity index (χ3v) is 7.22. The normalized spacial score (nSPS) is 26.6. The lowest BCUT2D eigenvalue weighted by Gasteiger charge is -2.33. The second kappa shape index (κ2) is 6.85. The van der Waals surface area contributed by atoms with Crippen molar-refractivity contribution in [1.82, 2.24) is 15.0 Å². The van der Waals surface area contributed by atoms with Crippen molar-refractivity contribution >= 4 is 39.3 Å². The lowest BCUT2D eigenvalue weighted by atomic mass is 9.86. The number of rotatable bonds is 4. The molecular weight excluding hydrogens is 420 g/mol. The molecule has 0 spiro atoms. The fraction of sp³-hybridized carbons (Fsp3) is 0.286. The molecule has 0 bridgehead atoms. The van der Waals surface area contributed by atoms with Crippen LogP contribution in [0.2, 0.25) is 0 Å². The molecule has 4 heterocycles. The van der Waals surface area contributed by atoms with Crippen molar-refractivity contribution in [3.63, 3.8) is 0 Å². The number of hydrogen-bond donors (Lipinski definition) is 2. The van der Waals surface area contributed by atoms with E-state index in [4.69, 9.17) is 11.0 Å². The fourth-order valence-electron chi connectivity index (χ4n) is 4.29. The molecule has 1 fully saturated rings. The Kier molecular flexibility index (Phi) is 4.34. The van der Waals surface area contributed by atoms with Crippen molar-refractivity contribution in [1.29, 1.82) is 5.26 Å². The van der Waals surface area contributed by atoms with Gasteiger partial charge in [0.1, 0.15) is 18.3 Å². The number of nitrogens with zero attached hydrogens (tertiary/aromatic N) is 5. The first kappa shape index (κ1) is 19.6. The van der Waals surface area contributed by atoms with Gasteiger partial charge in [-0.1, -0.05) is 11.8 Å². The van der Waals surface area contributed by atoms with Crippen LogP contribution in [0.1, 0.15) is 24.5 Å². The van der Waals surface area contributed by atoms with Gasteiger partial charge in [0, 0.05) is 29.3 Å². The Bertz CT molecular complexity index is 1290. The second-order valence-electron chi connectivity index (χ2n) is 7.91. The Morgan fingerprint density at radius 2 is 2.16 bits per heavy atom. The molecule has 0 saturated heterocycles. The van der Waals surface area contributed by atoms with E-state index in [9.17, 15) is 8.78 Å². The summed E-state index contributed by atoms with van der Waals surface area (Å²) in [6.07, 6.45) is 4.98. The molecule has 3 N–H and O–H groups in total. The Hall–Kier alpha value is -3.32. The van der Waals surface area contributed by atoms with Crippen LogP contribution in [0, 0.1) is 23.2 Å². The average molecular weight is 437 g/mol. The number of nitrogens with one attached hydrogen (secondary N) is 1. The van der Waals surface area contributed by atoms with E-state index in [0.717, 1.165) is 5.39 Å². The molecule has 0 radical (unpaired) electrons. The number of nitrogens with two attached hydrogens (primary N) is 1. The van der Waals surface area contributed by atoms with Gasteiger partial charge in [-0.05, 0) is 31.5 Å². The summed E-state index contributed by atoms with van der Waals surface area (Å²) < 4.78 is 27.9. The highest BCUT2D eigenvalue weighted by molar-refractivity contribution is 8.15. The molecule has 3 aromatic rings. The van der Waals surface area contributed by atoms with E-state index >= 15 is 0 Å². The highest BCUT2D eigenvalue weighted by Crippen LogP contribution is 2.66. The lowest BCUT2D eigenvalue weighted by Crippen LogP contribution is -2.37. The third-order valence-electron chi connectivity index (χ3n) is 5.95. The number of anilines is 2. The Balaban J connectivity index is 1.54. The van der Waals surface area contributed by atoms with Crippen molar-refractivity contribution in [2.45, 2.75) is 23.6 Å². The molecule has 0 aromatic carbocycles. The minimum atomic E-state index is -1.01. The zero-order chi connectivity index (χ0) is 21.8. The zero-order valence-corrected chi connectivity index (χ0v) is 17.2. The van der Waals surface area contributed by atoms with Gasteiger partial charge in [0.2, 0.25) is 5.95 Å². The maximum absolute atomic E-state index is 14.8. The molecule has 7 nitrogen and oxygen atoms in total. The van der Waals surface area contributed by atoms with E-state index in [1.807, 2.05) is 0 Å². The molecule has 2 aliphatic rings. The van der Waals surface area contributed by atoms with Crippen molar-refractivity contribution in [2.24, 2.45) is 16.6 Å². The molecule has 156 valence electrons. The third kappa shape index (κ3) is 3.08. The molecule has 0 amide bonds. The van der Waals surface area contributed by atoms with Gasteiger partial charge in [-0.3, -0.25) is 9.98 Å². The van der Waals surface area contributed by atoms with Gasteiger partial charge >= 0.3 is 0 Å². The van der Waals surface area contributed by atoms with E-state index in [-0.39, 0.29) is 16.6 Å². The molecule has 10 heteroatoms. The second-order valence-corrected chi connectivity index (χ2v) is 9.34. The summed E-state index contributed by atoms with van der Waals surface area (Å²) >= 11 is 1.23. The van der Waals surface area contributed by atoms with Gasteiger partial charge < -0.3 is 11.1 Å². The van der Waals surface area contributed by atoms with Gasteiger partial charge in [0.05, 0.1) is 27.7 Å². The van der Waals surface area contributed by atoms with Crippen molar-refractivity contribution in [3.05, 3.63) is 53.9 Å². The van der Waals surface area contributed by atoms with Gasteiger partial charge in [-0.25, -0.2) is 14.4 Å². The molecule has 1 aliphatic carbocycles. The van der Waals surface area contributed by atoms with Crippen molar-refractivity contribution in [2.75, 3.05) is 12.0 Å². The van der Waals surface area contributed by atoms with Crippen LogP contribution >= 0.6 is 11.8 Å². The first-order chi connectivity index (χ1) is 14.9. The number of halogens is 2. The topological polar surface area (TPSA) is 113 Å². The van der Waals surface area contributed by atoms with Crippen LogP contribution in [-0.4, -0.2) is 31.5 Å². The summed E-state index contributed by atoms with van der Waals surface area (Å²) in [6, 6.07) is 7.14. The first-order valence-corrected chi connectivity index (χ1v) is 10.4. The zero-order valence-electron chi connectivity index (χ0n) is 16.4. The smallest absolute Gasteiger partial charge is 0.218 e. The van der Waals surface area contributed by atoms with Crippen LogP contribution in [0.3, 0.4) is 0 Å². The molecule has 31 heavy (non-hydrogen) atoms. The van der Waals surface area contributed by atoms with E-state index in [0.29, 0.717) is 29.0 Å². The van der Waals surface area contributed by atoms with Crippen LogP contribution in [0.15, 0.2) is 41.8 Å². The summed E-state index contributed by atoms with van der Waals surface area (Å²) in [6.45, 7) is 1.23. The number of hydrogen-bond acceptors (Lipinski definition) is 8. The summed E-state index contributed by atoms with van der Waals surface area (Å²) in [5, 5.41) is 13.2. The van der Waals surface area contributed by atoms with E-state index in [1.165, 1.54) is 24.2 Å². The average Bonchev–Trinajstić information content (AvgIpc) is 3.50. The Morgan fingerprint density at radius 3 is 2.94 bits per heavy atom. The van der Waals surface area contributed by atoms with Crippen LogP contribution in [0.5, 0.6) is 0 Å². The number of pyridine rings is 3.